The van der Waals surface area contributed by atoms with E-state index in [-0.39, 0.29) is 18.5 Å². The number of carbonyl (C=O) groups is 4. The van der Waals surface area contributed by atoms with Crippen LogP contribution in [0.2, 0.25) is 0 Å². The number of aliphatic carboxylic acids is 2. The summed E-state index contributed by atoms with van der Waals surface area (Å²) in [4.78, 5) is 50.4. The van der Waals surface area contributed by atoms with E-state index in [2.05, 4.69) is 21.9 Å². The molecular weight excluding hydrogens is 498 g/mol. The number of carboxylic acid groups (broad SMARTS) is 2. The van der Waals surface area contributed by atoms with E-state index in [1.807, 2.05) is 18.2 Å². The summed E-state index contributed by atoms with van der Waals surface area (Å²) in [6, 6.07) is 5.17. The molecule has 3 aliphatic heterocycles. The van der Waals surface area contributed by atoms with Gasteiger partial charge in [-0.3, -0.25) is 9.69 Å². The molecule has 2 saturated heterocycles. The average molecular weight is 532 g/mol. The second-order valence-corrected chi connectivity index (χ2v) is 8.90. The molecule has 0 aliphatic carbocycles. The summed E-state index contributed by atoms with van der Waals surface area (Å²) in [5.74, 6) is -1.30. The highest BCUT2D eigenvalue weighted by Gasteiger charge is 2.36. The van der Waals surface area contributed by atoms with Crippen molar-refractivity contribution in [2.24, 2.45) is 5.10 Å². The normalized spacial score (nSPS) is 19.3. The zero-order valence-electron chi connectivity index (χ0n) is 21.5. The molecule has 0 atom stereocenters. The van der Waals surface area contributed by atoms with Crippen LogP contribution >= 0.6 is 0 Å². The molecule has 0 radical (unpaired) electrons. The van der Waals surface area contributed by atoms with Gasteiger partial charge in [-0.25, -0.2) is 19.4 Å². The molecule has 0 bridgehead atoms. The number of imide groups is 1. The number of hydrazone groups is 1. The highest BCUT2D eigenvalue weighted by Crippen LogP contribution is 2.29. The summed E-state index contributed by atoms with van der Waals surface area (Å²) in [6.07, 6.45) is 2.46. The predicted octanol–water partition coefficient (Wildman–Crippen LogP) is 0.795. The van der Waals surface area contributed by atoms with Crippen molar-refractivity contribution in [1.82, 2.24) is 19.7 Å². The number of benzene rings is 1. The number of carbonyl (C=O) groups excluding carboxylic acids is 2. The van der Waals surface area contributed by atoms with Gasteiger partial charge in [-0.1, -0.05) is 0 Å². The molecule has 0 saturated carbocycles. The second kappa shape index (κ2) is 13.5. The van der Waals surface area contributed by atoms with Gasteiger partial charge in [0.25, 0.3) is 5.91 Å². The first kappa shape index (κ1) is 28.6. The molecule has 3 heterocycles. The molecule has 3 amide bonds. The number of urea groups is 1. The minimum atomic E-state index is -1.26. The Bertz CT molecular complexity index is 1080. The van der Waals surface area contributed by atoms with E-state index in [0.717, 1.165) is 50.4 Å². The van der Waals surface area contributed by atoms with E-state index in [1.165, 1.54) is 9.91 Å². The van der Waals surface area contributed by atoms with Crippen LogP contribution in [-0.2, 0) is 14.4 Å². The summed E-state index contributed by atoms with van der Waals surface area (Å²) < 4.78 is 11.0. The molecule has 2 N–H and O–H groups in total. The van der Waals surface area contributed by atoms with Crippen LogP contribution in [0.25, 0.3) is 0 Å². The lowest BCUT2D eigenvalue weighted by molar-refractivity contribution is -0.134. The van der Waals surface area contributed by atoms with Crippen LogP contribution in [0, 0.1) is 0 Å². The molecule has 13 nitrogen and oxygen atoms in total. The van der Waals surface area contributed by atoms with Gasteiger partial charge in [0, 0.05) is 56.9 Å². The van der Waals surface area contributed by atoms with Crippen molar-refractivity contribution < 1.29 is 38.9 Å². The highest BCUT2D eigenvalue weighted by atomic mass is 16.5. The molecule has 4 rings (SSSR count). The number of likely N-dealkylation sites (N-methyl/N-ethyl adjacent to an activating group) is 1. The van der Waals surface area contributed by atoms with Crippen molar-refractivity contribution >= 4 is 29.6 Å². The van der Waals surface area contributed by atoms with Gasteiger partial charge in [-0.2, -0.15) is 5.10 Å². The molecule has 3 aliphatic rings. The van der Waals surface area contributed by atoms with Crippen molar-refractivity contribution in [3.05, 3.63) is 35.9 Å². The topological polar surface area (TPSA) is 153 Å². The van der Waals surface area contributed by atoms with Crippen LogP contribution in [0.15, 0.2) is 35.5 Å². The van der Waals surface area contributed by atoms with Crippen LogP contribution in [0.1, 0.15) is 18.4 Å². The van der Waals surface area contributed by atoms with Crippen LogP contribution in [-0.4, -0.2) is 126 Å². The number of nitrogens with zero attached hydrogens (tertiary/aromatic N) is 5. The zero-order valence-corrected chi connectivity index (χ0v) is 21.5. The van der Waals surface area contributed by atoms with Crippen molar-refractivity contribution in [3.8, 4) is 11.5 Å². The fraction of sp³-hybridized carbons (Fsp3) is 0.480. The third kappa shape index (κ3) is 8.02. The Morgan fingerprint density at radius 3 is 2.39 bits per heavy atom. The van der Waals surface area contributed by atoms with E-state index < -0.39 is 11.9 Å². The first-order chi connectivity index (χ1) is 18.2. The van der Waals surface area contributed by atoms with Crippen molar-refractivity contribution in [1.29, 1.82) is 0 Å². The molecular formula is C25H33N5O8. The minimum Gasteiger partial charge on any atom is -0.497 e. The van der Waals surface area contributed by atoms with Gasteiger partial charge in [0.2, 0.25) is 0 Å². The summed E-state index contributed by atoms with van der Waals surface area (Å²) in [5.41, 5.74) is 1.53. The number of rotatable bonds is 8. The fourth-order valence-corrected chi connectivity index (χ4v) is 4.12. The molecule has 0 aromatic heterocycles. The fourth-order valence-electron chi connectivity index (χ4n) is 4.12. The maximum atomic E-state index is 12.8. The van der Waals surface area contributed by atoms with E-state index in [4.69, 9.17) is 19.7 Å². The molecule has 38 heavy (non-hydrogen) atoms. The molecule has 2 fully saturated rings. The maximum absolute atomic E-state index is 12.8. The van der Waals surface area contributed by atoms with Gasteiger partial charge in [0.1, 0.15) is 18.0 Å². The highest BCUT2D eigenvalue weighted by molar-refractivity contribution is 6.06. The monoisotopic (exact) mass is 531 g/mol. The first-order valence-corrected chi connectivity index (χ1v) is 12.2. The average Bonchev–Trinajstić information content (AvgIpc) is 3.16. The first-order valence-electron chi connectivity index (χ1n) is 12.2. The Morgan fingerprint density at radius 2 is 1.76 bits per heavy atom. The number of amides is 3. The molecule has 13 heteroatoms. The third-order valence-electron chi connectivity index (χ3n) is 6.19. The zero-order chi connectivity index (χ0) is 27.7. The summed E-state index contributed by atoms with van der Waals surface area (Å²) in [5, 5.41) is 21.4. The lowest BCUT2D eigenvalue weighted by Crippen LogP contribution is -2.45. The Hall–Kier alpha value is -3.97. The van der Waals surface area contributed by atoms with Gasteiger partial charge in [0.15, 0.2) is 0 Å². The summed E-state index contributed by atoms with van der Waals surface area (Å²) >= 11 is 0. The van der Waals surface area contributed by atoms with E-state index in [0.29, 0.717) is 43.2 Å². The van der Waals surface area contributed by atoms with Crippen LogP contribution < -0.4 is 9.47 Å². The maximum Gasteiger partial charge on any atom is 0.347 e. The minimum absolute atomic E-state index is 0.0169. The lowest BCUT2D eigenvalue weighted by atomic mass is 10.0. The Balaban J connectivity index is 0.000000436. The molecule has 1 aromatic carbocycles. The van der Waals surface area contributed by atoms with Gasteiger partial charge < -0.3 is 29.5 Å². The second-order valence-electron chi connectivity index (χ2n) is 8.90. The number of carboxylic acids is 2. The number of piperazine rings is 1. The lowest BCUT2D eigenvalue weighted by Gasteiger charge is -2.32. The predicted molar refractivity (Wildman–Crippen MR) is 136 cm³/mol. The SMILES string of the molecule is COc1ccc2c(c1)/C(=N/N1CC(=O)N(CCCN3CCN(C)CC3)C1=O)CCO2.O=C(O)/C=C/C(=O)O. The van der Waals surface area contributed by atoms with Crippen molar-refractivity contribution in [2.75, 3.05) is 66.6 Å². The van der Waals surface area contributed by atoms with Crippen LogP contribution in [0.3, 0.4) is 0 Å². The van der Waals surface area contributed by atoms with Gasteiger partial charge in [-0.05, 0) is 38.2 Å². The van der Waals surface area contributed by atoms with Crippen molar-refractivity contribution in [2.45, 2.75) is 12.8 Å². The van der Waals surface area contributed by atoms with Gasteiger partial charge in [0.05, 0.1) is 19.4 Å². The van der Waals surface area contributed by atoms with Crippen LogP contribution in [0.5, 0.6) is 11.5 Å². The summed E-state index contributed by atoms with van der Waals surface area (Å²) in [7, 11) is 3.73. The molecule has 0 spiro atoms. The Labute approximate surface area is 220 Å². The Kier molecular flexibility index (Phi) is 10.2. The molecule has 1 aromatic rings. The third-order valence-corrected chi connectivity index (χ3v) is 6.19. The van der Waals surface area contributed by atoms with E-state index >= 15 is 0 Å². The molecule has 0 unspecified atom stereocenters. The number of hydrogen-bond acceptors (Lipinski definition) is 9. The molecule has 206 valence electrons. The van der Waals surface area contributed by atoms with E-state index in [1.54, 1.807) is 7.11 Å². The standard InChI is InChI=1S/C21H29N5O4.C4H4O4/c1-23-9-11-24(12-10-23)7-3-8-25-20(27)15-26(21(25)28)22-18-6-13-30-19-5-4-16(29-2)14-17(18)19;5-3(6)1-2-4(7)8/h4-5,14H,3,6-13,15H2,1-2H3;1-2H,(H,5,6)(H,7,8)/b22-18+;2-1+. The van der Waals surface area contributed by atoms with Crippen molar-refractivity contribution in [3.63, 3.8) is 0 Å². The Morgan fingerprint density at radius 1 is 1.08 bits per heavy atom. The van der Waals surface area contributed by atoms with Crippen LogP contribution in [0.4, 0.5) is 4.79 Å². The quantitative estimate of drug-likeness (QED) is 0.364. The number of ether oxygens (including phenoxy) is 2. The van der Waals surface area contributed by atoms with E-state index in [9.17, 15) is 19.2 Å². The summed E-state index contributed by atoms with van der Waals surface area (Å²) in [6.45, 7) is 5.97. The van der Waals surface area contributed by atoms with Gasteiger partial charge >= 0.3 is 18.0 Å². The number of methoxy groups -OCH3 is 1. The number of fused-ring (bicyclic) bond motifs is 1. The smallest absolute Gasteiger partial charge is 0.347 e. The number of hydrogen-bond donors (Lipinski definition) is 2. The van der Waals surface area contributed by atoms with Gasteiger partial charge in [-0.15, -0.1) is 0 Å². The largest absolute Gasteiger partial charge is 0.497 e.